The normalized spacial score (nSPS) is 18.4. The molecule has 1 atom stereocenters. The molecule has 18 heavy (non-hydrogen) atoms. The second-order valence-electron chi connectivity index (χ2n) is 4.58. The van der Waals surface area contributed by atoms with Gasteiger partial charge in [-0.2, -0.15) is 0 Å². The van der Waals surface area contributed by atoms with Crippen LogP contribution in [0.1, 0.15) is 18.4 Å². The van der Waals surface area contributed by atoms with Crippen LogP contribution in [0.5, 0.6) is 5.75 Å². The van der Waals surface area contributed by atoms with Gasteiger partial charge < -0.3 is 14.8 Å². The maximum Gasteiger partial charge on any atom is 0.119 e. The molecule has 0 spiro atoms. The lowest BCUT2D eigenvalue weighted by Crippen LogP contribution is -2.31. The number of benzene rings is 1. The molecule has 0 aromatic heterocycles. The van der Waals surface area contributed by atoms with Gasteiger partial charge in [0.2, 0.25) is 0 Å². The summed E-state index contributed by atoms with van der Waals surface area (Å²) in [5, 5.41) is 3.36. The van der Waals surface area contributed by atoms with Crippen LogP contribution in [0.3, 0.4) is 0 Å². The molecule has 1 aliphatic rings. The predicted molar refractivity (Wildman–Crippen MR) is 72.8 cm³/mol. The Labute approximate surface area is 109 Å². The molecule has 1 unspecified atom stereocenters. The van der Waals surface area contributed by atoms with Crippen molar-refractivity contribution in [3.63, 3.8) is 0 Å². The average Bonchev–Trinajstić information content (AvgIpc) is 2.40. The Balaban J connectivity index is 1.57. The number of allylic oxidation sites excluding steroid dienone is 1. The summed E-state index contributed by atoms with van der Waals surface area (Å²) < 4.78 is 11.1. The van der Waals surface area contributed by atoms with Crippen molar-refractivity contribution in [2.24, 2.45) is 0 Å². The molecule has 0 bridgehead atoms. The topological polar surface area (TPSA) is 30.5 Å². The summed E-state index contributed by atoms with van der Waals surface area (Å²) in [4.78, 5) is 0. The zero-order valence-corrected chi connectivity index (χ0v) is 10.9. The van der Waals surface area contributed by atoms with E-state index in [1.807, 2.05) is 12.1 Å². The van der Waals surface area contributed by atoms with Crippen LogP contribution in [0.2, 0.25) is 0 Å². The van der Waals surface area contributed by atoms with Crippen molar-refractivity contribution >= 4 is 0 Å². The van der Waals surface area contributed by atoms with Crippen molar-refractivity contribution < 1.29 is 9.47 Å². The smallest absolute Gasteiger partial charge is 0.119 e. The third-order valence-electron chi connectivity index (χ3n) is 2.93. The Hall–Kier alpha value is -1.48. The number of nitrogens with one attached hydrogen (secondary N) is 1. The lowest BCUT2D eigenvalue weighted by molar-refractivity contribution is 0.121. The SMILES string of the molecule is Cc1cccc(OCCNCC2CCC=CO2)c1. The summed E-state index contributed by atoms with van der Waals surface area (Å²) in [6.45, 7) is 4.49. The Morgan fingerprint density at radius 3 is 3.17 bits per heavy atom. The molecular formula is C15H21NO2. The quantitative estimate of drug-likeness (QED) is 0.784. The fraction of sp³-hybridized carbons (Fsp3) is 0.467. The molecule has 0 amide bonds. The van der Waals surface area contributed by atoms with Crippen molar-refractivity contribution in [1.82, 2.24) is 5.32 Å². The van der Waals surface area contributed by atoms with Gasteiger partial charge in [-0.05, 0) is 43.5 Å². The molecule has 1 N–H and O–H groups in total. The van der Waals surface area contributed by atoms with Gasteiger partial charge in [-0.25, -0.2) is 0 Å². The highest BCUT2D eigenvalue weighted by molar-refractivity contribution is 5.27. The van der Waals surface area contributed by atoms with E-state index in [0.29, 0.717) is 12.7 Å². The van der Waals surface area contributed by atoms with Crippen LogP contribution < -0.4 is 10.1 Å². The van der Waals surface area contributed by atoms with E-state index in [1.165, 1.54) is 5.56 Å². The first-order valence-corrected chi connectivity index (χ1v) is 6.55. The highest BCUT2D eigenvalue weighted by atomic mass is 16.5. The largest absolute Gasteiger partial charge is 0.497 e. The first-order chi connectivity index (χ1) is 8.84. The van der Waals surface area contributed by atoms with Crippen molar-refractivity contribution in [1.29, 1.82) is 0 Å². The summed E-state index contributed by atoms with van der Waals surface area (Å²) in [5.41, 5.74) is 1.22. The highest BCUT2D eigenvalue weighted by Crippen LogP contribution is 2.12. The van der Waals surface area contributed by atoms with Crippen LogP contribution in [-0.2, 0) is 4.74 Å². The number of hydrogen-bond acceptors (Lipinski definition) is 3. The summed E-state index contributed by atoms with van der Waals surface area (Å²) in [6.07, 6.45) is 6.40. The van der Waals surface area contributed by atoms with Crippen molar-refractivity contribution in [3.8, 4) is 5.75 Å². The first kappa shape index (κ1) is 13.0. The van der Waals surface area contributed by atoms with Gasteiger partial charge in [0.1, 0.15) is 18.5 Å². The summed E-state index contributed by atoms with van der Waals surface area (Å²) >= 11 is 0. The molecule has 0 saturated heterocycles. The summed E-state index contributed by atoms with van der Waals surface area (Å²) in [6, 6.07) is 8.12. The van der Waals surface area contributed by atoms with Gasteiger partial charge in [-0.3, -0.25) is 0 Å². The molecule has 1 aromatic carbocycles. The van der Waals surface area contributed by atoms with Crippen molar-refractivity contribution in [3.05, 3.63) is 42.2 Å². The Kier molecular flexibility index (Phi) is 5.09. The lowest BCUT2D eigenvalue weighted by atomic mass is 10.1. The zero-order chi connectivity index (χ0) is 12.6. The third kappa shape index (κ3) is 4.41. The number of hydrogen-bond donors (Lipinski definition) is 1. The number of aryl methyl sites for hydroxylation is 1. The van der Waals surface area contributed by atoms with E-state index < -0.39 is 0 Å². The van der Waals surface area contributed by atoms with E-state index in [1.54, 1.807) is 6.26 Å². The molecule has 1 aromatic rings. The van der Waals surface area contributed by atoms with Crippen LogP contribution in [0.15, 0.2) is 36.6 Å². The van der Waals surface area contributed by atoms with Gasteiger partial charge >= 0.3 is 0 Å². The minimum Gasteiger partial charge on any atom is -0.497 e. The Morgan fingerprint density at radius 2 is 2.39 bits per heavy atom. The predicted octanol–water partition coefficient (Wildman–Crippen LogP) is 2.66. The fourth-order valence-corrected chi connectivity index (χ4v) is 1.94. The van der Waals surface area contributed by atoms with E-state index in [2.05, 4.69) is 30.4 Å². The maximum absolute atomic E-state index is 5.66. The zero-order valence-electron chi connectivity index (χ0n) is 10.9. The van der Waals surface area contributed by atoms with Crippen LogP contribution in [0, 0.1) is 6.92 Å². The summed E-state index contributed by atoms with van der Waals surface area (Å²) in [5.74, 6) is 0.939. The number of rotatable bonds is 6. The molecule has 0 saturated carbocycles. The fourth-order valence-electron chi connectivity index (χ4n) is 1.94. The van der Waals surface area contributed by atoms with Crippen LogP contribution in [0.4, 0.5) is 0 Å². The van der Waals surface area contributed by atoms with Crippen LogP contribution >= 0.6 is 0 Å². The van der Waals surface area contributed by atoms with Gasteiger partial charge in [-0.1, -0.05) is 12.1 Å². The van der Waals surface area contributed by atoms with Gasteiger partial charge in [0, 0.05) is 13.1 Å². The molecule has 0 fully saturated rings. The monoisotopic (exact) mass is 247 g/mol. The molecule has 3 heteroatoms. The van der Waals surface area contributed by atoms with Gasteiger partial charge in [0.25, 0.3) is 0 Å². The highest BCUT2D eigenvalue weighted by Gasteiger charge is 2.09. The molecule has 1 aliphatic heterocycles. The molecular weight excluding hydrogens is 226 g/mol. The second-order valence-corrected chi connectivity index (χ2v) is 4.58. The standard InChI is InChI=1S/C15H21NO2/c1-13-5-4-7-14(11-13)18-10-8-16-12-15-6-2-3-9-17-15/h3-5,7,9,11,15-16H,2,6,8,10,12H2,1H3. The maximum atomic E-state index is 5.66. The molecule has 1 heterocycles. The van der Waals surface area contributed by atoms with E-state index in [4.69, 9.17) is 9.47 Å². The molecule has 0 aliphatic carbocycles. The van der Waals surface area contributed by atoms with E-state index >= 15 is 0 Å². The first-order valence-electron chi connectivity index (χ1n) is 6.55. The van der Waals surface area contributed by atoms with Gasteiger partial charge in [0.05, 0.1) is 6.26 Å². The second kappa shape index (κ2) is 7.07. The molecule has 98 valence electrons. The van der Waals surface area contributed by atoms with E-state index in [-0.39, 0.29) is 0 Å². The molecule has 0 radical (unpaired) electrons. The van der Waals surface area contributed by atoms with Crippen LogP contribution in [0.25, 0.3) is 0 Å². The number of ether oxygens (including phenoxy) is 2. The minimum atomic E-state index is 0.314. The van der Waals surface area contributed by atoms with E-state index in [0.717, 1.165) is 31.7 Å². The summed E-state index contributed by atoms with van der Waals surface area (Å²) in [7, 11) is 0. The van der Waals surface area contributed by atoms with Crippen molar-refractivity contribution in [2.75, 3.05) is 19.7 Å². The van der Waals surface area contributed by atoms with Gasteiger partial charge in [-0.15, -0.1) is 0 Å². The third-order valence-corrected chi connectivity index (χ3v) is 2.93. The van der Waals surface area contributed by atoms with Crippen molar-refractivity contribution in [2.45, 2.75) is 25.9 Å². The lowest BCUT2D eigenvalue weighted by Gasteiger charge is -2.19. The Bertz CT molecular complexity index is 390. The van der Waals surface area contributed by atoms with E-state index in [9.17, 15) is 0 Å². The molecule has 3 nitrogen and oxygen atoms in total. The minimum absolute atomic E-state index is 0.314. The molecule has 2 rings (SSSR count). The van der Waals surface area contributed by atoms with Crippen LogP contribution in [-0.4, -0.2) is 25.8 Å². The Morgan fingerprint density at radius 1 is 1.44 bits per heavy atom. The van der Waals surface area contributed by atoms with Gasteiger partial charge in [0.15, 0.2) is 0 Å². The average molecular weight is 247 g/mol.